The molecule has 1 aliphatic heterocycles. The number of ketones is 1. The minimum absolute atomic E-state index is 0.0773. The van der Waals surface area contributed by atoms with E-state index in [0.717, 1.165) is 13.0 Å². The highest BCUT2D eigenvalue weighted by molar-refractivity contribution is 6.46. The van der Waals surface area contributed by atoms with Crippen LogP contribution in [0, 0.1) is 0 Å². The number of aliphatic hydroxyl groups is 1. The van der Waals surface area contributed by atoms with Gasteiger partial charge in [0.2, 0.25) is 0 Å². The molecule has 1 aromatic heterocycles. The van der Waals surface area contributed by atoms with E-state index in [4.69, 9.17) is 4.74 Å². The molecule has 0 radical (unpaired) electrons. The maximum Gasteiger partial charge on any atom is 0.295 e. The number of nitrogens with one attached hydrogen (secondary N) is 1. The molecule has 29 heavy (non-hydrogen) atoms. The zero-order valence-electron chi connectivity index (χ0n) is 16.9. The molecule has 2 N–H and O–H groups in total. The van der Waals surface area contributed by atoms with Crippen LogP contribution in [0.2, 0.25) is 0 Å². The van der Waals surface area contributed by atoms with Gasteiger partial charge in [0.1, 0.15) is 11.5 Å². The molecule has 0 unspecified atom stereocenters. The zero-order valence-corrected chi connectivity index (χ0v) is 16.9. The van der Waals surface area contributed by atoms with Crippen LogP contribution in [0.3, 0.4) is 0 Å². The second kappa shape index (κ2) is 8.87. The monoisotopic (exact) mass is 396 g/mol. The number of quaternary nitrogens is 1. The third-order valence-corrected chi connectivity index (χ3v) is 4.96. The van der Waals surface area contributed by atoms with Crippen molar-refractivity contribution in [1.82, 2.24) is 9.88 Å². The molecule has 2 heterocycles. The Morgan fingerprint density at radius 3 is 2.69 bits per heavy atom. The lowest BCUT2D eigenvalue weighted by Gasteiger charge is -2.25. The quantitative estimate of drug-likeness (QED) is 0.415. The van der Waals surface area contributed by atoms with Crippen molar-refractivity contribution < 1.29 is 24.3 Å². The number of amides is 1. The van der Waals surface area contributed by atoms with Crippen molar-refractivity contribution in [2.75, 3.05) is 34.3 Å². The van der Waals surface area contributed by atoms with E-state index in [1.165, 1.54) is 16.9 Å². The molecule has 2 aromatic rings. The lowest BCUT2D eigenvalue weighted by molar-refractivity contribution is -0.858. The van der Waals surface area contributed by atoms with Crippen LogP contribution in [-0.2, 0) is 9.59 Å². The van der Waals surface area contributed by atoms with Crippen LogP contribution in [-0.4, -0.2) is 61.0 Å². The van der Waals surface area contributed by atoms with Crippen molar-refractivity contribution in [2.24, 2.45) is 0 Å². The number of benzene rings is 1. The molecule has 0 bridgehead atoms. The molecule has 1 saturated heterocycles. The van der Waals surface area contributed by atoms with Crippen LogP contribution < -0.4 is 9.64 Å². The maximum absolute atomic E-state index is 12.9. The molecule has 1 amide bonds. The van der Waals surface area contributed by atoms with Crippen LogP contribution in [0.5, 0.6) is 5.75 Å². The smallest absolute Gasteiger partial charge is 0.295 e. The summed E-state index contributed by atoms with van der Waals surface area (Å²) >= 11 is 0. The van der Waals surface area contributed by atoms with Crippen molar-refractivity contribution in [1.29, 1.82) is 0 Å². The number of carbonyl (C=O) groups excluding carboxylic acids is 2. The summed E-state index contributed by atoms with van der Waals surface area (Å²) in [6, 6.07) is 9.68. The summed E-state index contributed by atoms with van der Waals surface area (Å²) in [6.45, 7) is 1.28. The predicted molar refractivity (Wildman–Crippen MR) is 109 cm³/mol. The normalized spacial score (nSPS) is 18.5. The molecule has 1 fully saturated rings. The van der Waals surface area contributed by atoms with E-state index < -0.39 is 17.7 Å². The van der Waals surface area contributed by atoms with Gasteiger partial charge in [0.05, 0.1) is 39.4 Å². The first-order valence-corrected chi connectivity index (χ1v) is 9.55. The van der Waals surface area contributed by atoms with Crippen LogP contribution >= 0.6 is 0 Å². The molecule has 3 rings (SSSR count). The van der Waals surface area contributed by atoms with Gasteiger partial charge in [-0.2, -0.15) is 0 Å². The molecule has 0 spiro atoms. The van der Waals surface area contributed by atoms with Crippen LogP contribution in [0.25, 0.3) is 5.76 Å². The Morgan fingerprint density at radius 1 is 1.24 bits per heavy atom. The Balaban J connectivity index is 2.07. The van der Waals surface area contributed by atoms with Crippen molar-refractivity contribution in [2.45, 2.75) is 12.5 Å². The Kier molecular flexibility index (Phi) is 6.29. The number of likely N-dealkylation sites (tertiary alicyclic amines) is 1. The summed E-state index contributed by atoms with van der Waals surface area (Å²) in [4.78, 5) is 32.6. The molecule has 0 aliphatic carbocycles. The van der Waals surface area contributed by atoms with E-state index in [-0.39, 0.29) is 11.3 Å². The second-order valence-electron chi connectivity index (χ2n) is 7.32. The van der Waals surface area contributed by atoms with Gasteiger partial charge in [-0.05, 0) is 23.8 Å². The number of carbonyl (C=O) groups is 2. The number of rotatable bonds is 7. The summed E-state index contributed by atoms with van der Waals surface area (Å²) in [5.41, 5.74) is 1.19. The number of aromatic nitrogens is 1. The standard InChI is InChI=1S/C22H25N3O4/c1-24(2)11-6-12-25-19(16-8-5-10-23-14-16)18(21(27)22(25)28)20(26)15-7-4-9-17(13-15)29-3/h4-5,7-10,13-14,19,26H,6,11-12H2,1-3H3/p+1/t19-/m1/s1. The zero-order chi connectivity index (χ0) is 21.0. The molecule has 1 aliphatic rings. The van der Waals surface area contributed by atoms with Crippen molar-refractivity contribution in [3.8, 4) is 5.75 Å². The van der Waals surface area contributed by atoms with Gasteiger partial charge in [-0.15, -0.1) is 0 Å². The molecule has 7 nitrogen and oxygen atoms in total. The molecular weight excluding hydrogens is 370 g/mol. The number of hydrogen-bond donors (Lipinski definition) is 2. The van der Waals surface area contributed by atoms with Crippen LogP contribution in [0.1, 0.15) is 23.6 Å². The first kappa shape index (κ1) is 20.5. The second-order valence-corrected chi connectivity index (χ2v) is 7.32. The van der Waals surface area contributed by atoms with E-state index in [1.54, 1.807) is 42.7 Å². The summed E-state index contributed by atoms with van der Waals surface area (Å²) in [5.74, 6) is -0.944. The lowest BCUT2D eigenvalue weighted by atomic mass is 9.96. The Morgan fingerprint density at radius 2 is 2.03 bits per heavy atom. The Hall–Kier alpha value is -3.19. The van der Waals surface area contributed by atoms with E-state index >= 15 is 0 Å². The highest BCUT2D eigenvalue weighted by Crippen LogP contribution is 2.39. The Bertz CT molecular complexity index is 925. The number of nitrogens with zero attached hydrogens (tertiary/aromatic N) is 2. The average Bonchev–Trinajstić information content (AvgIpc) is 2.98. The largest absolute Gasteiger partial charge is 0.507 e. The lowest BCUT2D eigenvalue weighted by Crippen LogP contribution is -3.05. The van der Waals surface area contributed by atoms with E-state index in [1.807, 2.05) is 20.2 Å². The highest BCUT2D eigenvalue weighted by atomic mass is 16.5. The molecular formula is C22H26N3O4+. The average molecular weight is 396 g/mol. The van der Waals surface area contributed by atoms with Gasteiger partial charge in [0.15, 0.2) is 0 Å². The topological polar surface area (TPSA) is 84.2 Å². The summed E-state index contributed by atoms with van der Waals surface area (Å²) in [6.07, 6.45) is 4.00. The van der Waals surface area contributed by atoms with Gasteiger partial charge in [-0.25, -0.2) is 0 Å². The van der Waals surface area contributed by atoms with E-state index in [0.29, 0.717) is 23.4 Å². The molecule has 1 atom stereocenters. The molecule has 152 valence electrons. The minimum atomic E-state index is -0.684. The highest BCUT2D eigenvalue weighted by Gasteiger charge is 2.46. The fraction of sp³-hybridized carbons (Fsp3) is 0.318. The van der Waals surface area contributed by atoms with Gasteiger partial charge in [0.25, 0.3) is 11.7 Å². The number of ether oxygens (including phenoxy) is 1. The Labute approximate surface area is 170 Å². The van der Waals surface area contributed by atoms with Gasteiger partial charge in [0, 0.05) is 30.9 Å². The SMILES string of the molecule is COc1cccc(C(O)=C2C(=O)C(=O)N(CCC[NH+](C)C)[C@@H]2c2cccnc2)c1. The summed E-state index contributed by atoms with van der Waals surface area (Å²) in [7, 11) is 5.60. The third-order valence-electron chi connectivity index (χ3n) is 4.96. The summed E-state index contributed by atoms with van der Waals surface area (Å²) in [5, 5.41) is 11.0. The van der Waals surface area contributed by atoms with Gasteiger partial charge >= 0.3 is 0 Å². The number of Topliss-reactive ketones (excluding diaryl/α,β-unsaturated/α-hetero) is 1. The van der Waals surface area contributed by atoms with E-state index in [9.17, 15) is 14.7 Å². The first-order chi connectivity index (χ1) is 13.9. The fourth-order valence-corrected chi connectivity index (χ4v) is 3.52. The van der Waals surface area contributed by atoms with Crippen molar-refractivity contribution >= 4 is 17.4 Å². The minimum Gasteiger partial charge on any atom is -0.507 e. The first-order valence-electron chi connectivity index (χ1n) is 9.55. The summed E-state index contributed by atoms with van der Waals surface area (Å²) < 4.78 is 5.22. The van der Waals surface area contributed by atoms with E-state index in [2.05, 4.69) is 4.98 Å². The van der Waals surface area contributed by atoms with Gasteiger partial charge in [-0.3, -0.25) is 14.6 Å². The number of aliphatic hydroxyl groups excluding tert-OH is 1. The van der Waals surface area contributed by atoms with Crippen LogP contribution in [0.15, 0.2) is 54.4 Å². The maximum atomic E-state index is 12.9. The van der Waals surface area contributed by atoms with Gasteiger partial charge < -0.3 is 19.6 Å². The molecule has 7 heteroatoms. The van der Waals surface area contributed by atoms with Gasteiger partial charge in [-0.1, -0.05) is 18.2 Å². The number of hydrogen-bond acceptors (Lipinski definition) is 5. The predicted octanol–water partition coefficient (Wildman–Crippen LogP) is 1.05. The fourth-order valence-electron chi connectivity index (χ4n) is 3.52. The molecule has 1 aromatic carbocycles. The van der Waals surface area contributed by atoms with Crippen LogP contribution in [0.4, 0.5) is 0 Å². The van der Waals surface area contributed by atoms with Crippen molar-refractivity contribution in [3.63, 3.8) is 0 Å². The number of pyridine rings is 1. The third kappa shape index (κ3) is 4.30. The molecule has 0 saturated carbocycles. The van der Waals surface area contributed by atoms with Crippen molar-refractivity contribution in [3.05, 3.63) is 65.5 Å². The number of methoxy groups -OCH3 is 1.